The molecule has 0 atom stereocenters. The molecule has 0 aliphatic heterocycles. The summed E-state index contributed by atoms with van der Waals surface area (Å²) in [4.78, 5) is 0. The molecule has 1 heterocycles. The first kappa shape index (κ1) is 13.3. The lowest BCUT2D eigenvalue weighted by atomic mass is 10.0. The van der Waals surface area contributed by atoms with Crippen LogP contribution < -0.4 is 0 Å². The molecule has 0 aliphatic carbocycles. The van der Waals surface area contributed by atoms with Gasteiger partial charge in [0.15, 0.2) is 10.6 Å². The Morgan fingerprint density at radius 3 is 2.55 bits per heavy atom. The molecule has 102 valence electrons. The first-order valence-electron chi connectivity index (χ1n) is 6.45. The fraction of sp³-hybridized carbons (Fsp3) is 0.200. The molecule has 3 aromatic rings. The molecule has 0 aliphatic rings. The van der Waals surface area contributed by atoms with E-state index in [1.807, 2.05) is 47.5 Å². The first-order chi connectivity index (χ1) is 9.63. The molecule has 0 radical (unpaired) electrons. The van der Waals surface area contributed by atoms with E-state index in [1.54, 1.807) is 0 Å². The highest BCUT2D eigenvalue weighted by Gasteiger charge is 2.13. The second-order valence-corrected chi connectivity index (χ2v) is 5.40. The Morgan fingerprint density at radius 1 is 1.20 bits per heavy atom. The van der Waals surface area contributed by atoms with Gasteiger partial charge in [0.25, 0.3) is 0 Å². The van der Waals surface area contributed by atoms with Gasteiger partial charge >= 0.3 is 0 Å². The number of fused-ring (bicyclic) bond motifs is 1. The maximum absolute atomic E-state index is 6.38. The molecule has 0 fully saturated rings. The third-order valence-corrected chi connectivity index (χ3v) is 4.23. The molecule has 0 saturated carbocycles. The molecule has 0 unspecified atom stereocenters. The van der Waals surface area contributed by atoms with E-state index in [2.05, 4.69) is 17.2 Å². The number of hydrogen-bond acceptors (Lipinski definition) is 2. The van der Waals surface area contributed by atoms with E-state index < -0.39 is 0 Å². The highest BCUT2D eigenvalue weighted by molar-refractivity contribution is 7.71. The van der Waals surface area contributed by atoms with Gasteiger partial charge in [-0.05, 0) is 30.6 Å². The Morgan fingerprint density at radius 2 is 1.90 bits per heavy atom. The molecule has 20 heavy (non-hydrogen) atoms. The zero-order valence-corrected chi connectivity index (χ0v) is 12.9. The predicted molar refractivity (Wildman–Crippen MR) is 85.7 cm³/mol. The van der Waals surface area contributed by atoms with Crippen LogP contribution >= 0.6 is 23.8 Å². The van der Waals surface area contributed by atoms with Crippen molar-refractivity contribution in [2.45, 2.75) is 13.5 Å². The maximum Gasteiger partial charge on any atom is 0.197 e. The van der Waals surface area contributed by atoms with Gasteiger partial charge < -0.3 is 4.57 Å². The summed E-state index contributed by atoms with van der Waals surface area (Å²) in [6.45, 7) is 2.79. The monoisotopic (exact) mass is 303 g/mol. The van der Waals surface area contributed by atoms with Crippen LogP contribution in [0.3, 0.4) is 0 Å². The van der Waals surface area contributed by atoms with Crippen LogP contribution in [0.25, 0.3) is 22.2 Å². The highest BCUT2D eigenvalue weighted by atomic mass is 35.5. The molecule has 0 bridgehead atoms. The average Bonchev–Trinajstić information content (AvgIpc) is 2.75. The summed E-state index contributed by atoms with van der Waals surface area (Å²) in [5, 5.41) is 7.46. The summed E-state index contributed by atoms with van der Waals surface area (Å²) in [6.07, 6.45) is 0. The molecule has 0 saturated heterocycles. The smallest absolute Gasteiger partial charge is 0.197 e. The first-order valence-corrected chi connectivity index (χ1v) is 7.23. The van der Waals surface area contributed by atoms with Crippen molar-refractivity contribution in [3.63, 3.8) is 0 Å². The van der Waals surface area contributed by atoms with Gasteiger partial charge in [-0.25, -0.2) is 4.68 Å². The third kappa shape index (κ3) is 1.96. The molecule has 0 N–H and O–H groups in total. The Kier molecular flexibility index (Phi) is 3.36. The Labute approximate surface area is 127 Å². The number of aryl methyl sites for hydroxylation is 1. The van der Waals surface area contributed by atoms with Gasteiger partial charge in [-0.3, -0.25) is 0 Å². The lowest BCUT2D eigenvalue weighted by Gasteiger charge is -2.07. The minimum atomic E-state index is 0.714. The lowest BCUT2D eigenvalue weighted by Crippen LogP contribution is -1.96. The van der Waals surface area contributed by atoms with E-state index in [9.17, 15) is 0 Å². The number of nitrogens with zero attached hydrogens (tertiary/aromatic N) is 3. The zero-order chi connectivity index (χ0) is 14.3. The quantitative estimate of drug-likeness (QED) is 0.653. The normalized spacial score (nSPS) is 11.2. The van der Waals surface area contributed by atoms with Gasteiger partial charge in [0.05, 0.1) is 0 Å². The van der Waals surface area contributed by atoms with Crippen LogP contribution in [-0.2, 0) is 13.6 Å². The number of aromatic nitrogens is 3. The molecule has 0 amide bonds. The topological polar surface area (TPSA) is 22.8 Å². The molecule has 0 spiro atoms. The number of halogens is 1. The molecule has 2 aromatic carbocycles. The number of benzene rings is 2. The van der Waals surface area contributed by atoms with Crippen molar-refractivity contribution < 1.29 is 0 Å². The molecule has 3 rings (SSSR count). The summed E-state index contributed by atoms with van der Waals surface area (Å²) < 4.78 is 4.46. The van der Waals surface area contributed by atoms with Crippen molar-refractivity contribution in [1.29, 1.82) is 0 Å². The van der Waals surface area contributed by atoms with Gasteiger partial charge in [-0.15, -0.1) is 0 Å². The van der Waals surface area contributed by atoms with Crippen molar-refractivity contribution in [2.75, 3.05) is 0 Å². The van der Waals surface area contributed by atoms with Crippen LogP contribution in [0.2, 0.25) is 5.02 Å². The Bertz CT molecular complexity index is 843. The van der Waals surface area contributed by atoms with Crippen molar-refractivity contribution in [3.8, 4) is 11.4 Å². The number of rotatable bonds is 2. The lowest BCUT2D eigenvalue weighted by molar-refractivity contribution is 0.642. The van der Waals surface area contributed by atoms with Gasteiger partial charge in [0.1, 0.15) is 0 Å². The standard InChI is InChI=1S/C15H14ClN3S/c1-3-19-15(20)18(2)14(17-19)11-8-4-6-10-7-5-9-12(16)13(10)11/h4-9H,3H2,1-2H3. The van der Waals surface area contributed by atoms with Crippen LogP contribution in [0.5, 0.6) is 0 Å². The predicted octanol–water partition coefficient (Wildman–Crippen LogP) is 4.44. The molecular weight excluding hydrogens is 290 g/mol. The van der Waals surface area contributed by atoms with Crippen LogP contribution in [0.4, 0.5) is 0 Å². The van der Waals surface area contributed by atoms with E-state index in [1.165, 1.54) is 0 Å². The summed E-state index contributed by atoms with van der Waals surface area (Å²) in [5.74, 6) is 0.843. The van der Waals surface area contributed by atoms with Crippen LogP contribution in [0.1, 0.15) is 6.92 Å². The minimum absolute atomic E-state index is 0.714. The summed E-state index contributed by atoms with van der Waals surface area (Å²) in [7, 11) is 1.94. The van der Waals surface area contributed by atoms with Crippen molar-refractivity contribution in [1.82, 2.24) is 14.3 Å². The fourth-order valence-electron chi connectivity index (χ4n) is 2.41. The van der Waals surface area contributed by atoms with Crippen molar-refractivity contribution >= 4 is 34.6 Å². The largest absolute Gasteiger partial charge is 0.303 e. The fourth-order valence-corrected chi connectivity index (χ4v) is 2.95. The van der Waals surface area contributed by atoms with Gasteiger partial charge in [0, 0.05) is 29.6 Å². The van der Waals surface area contributed by atoms with Crippen molar-refractivity contribution in [3.05, 3.63) is 46.2 Å². The Hall–Kier alpha value is -1.65. The maximum atomic E-state index is 6.38. The van der Waals surface area contributed by atoms with E-state index >= 15 is 0 Å². The van der Waals surface area contributed by atoms with Gasteiger partial charge in [-0.2, -0.15) is 5.10 Å². The van der Waals surface area contributed by atoms with Crippen LogP contribution in [-0.4, -0.2) is 14.3 Å². The second-order valence-electron chi connectivity index (χ2n) is 4.62. The minimum Gasteiger partial charge on any atom is -0.303 e. The summed E-state index contributed by atoms with van der Waals surface area (Å²) in [5.41, 5.74) is 1.01. The van der Waals surface area contributed by atoms with Crippen molar-refractivity contribution in [2.24, 2.45) is 7.05 Å². The molecule has 5 heteroatoms. The van der Waals surface area contributed by atoms with Crippen LogP contribution in [0.15, 0.2) is 36.4 Å². The number of hydrogen-bond donors (Lipinski definition) is 0. The van der Waals surface area contributed by atoms with E-state index in [-0.39, 0.29) is 0 Å². The zero-order valence-electron chi connectivity index (χ0n) is 11.3. The second kappa shape index (κ2) is 5.04. The van der Waals surface area contributed by atoms with Gasteiger partial charge in [-0.1, -0.05) is 41.9 Å². The van der Waals surface area contributed by atoms with Crippen LogP contribution in [0, 0.1) is 4.77 Å². The van der Waals surface area contributed by atoms with E-state index in [0.29, 0.717) is 4.77 Å². The molecular formula is C15H14ClN3S. The SMILES string of the molecule is CCn1nc(-c2cccc3cccc(Cl)c23)n(C)c1=S. The van der Waals surface area contributed by atoms with E-state index in [4.69, 9.17) is 23.8 Å². The molecule has 3 nitrogen and oxygen atoms in total. The Balaban J connectivity index is 2.39. The summed E-state index contributed by atoms with van der Waals surface area (Å²) >= 11 is 11.8. The summed E-state index contributed by atoms with van der Waals surface area (Å²) in [6, 6.07) is 12.0. The average molecular weight is 304 g/mol. The van der Waals surface area contributed by atoms with Gasteiger partial charge in [0.2, 0.25) is 0 Å². The third-order valence-electron chi connectivity index (χ3n) is 3.44. The van der Waals surface area contributed by atoms with E-state index in [0.717, 1.165) is 33.7 Å². The molecule has 1 aromatic heterocycles. The highest BCUT2D eigenvalue weighted by Crippen LogP contribution is 2.32.